The average molecular weight is 652 g/mol. The van der Waals surface area contributed by atoms with Crippen LogP contribution in [-0.2, 0) is 9.53 Å². The maximum atomic E-state index is 14.1. The van der Waals surface area contributed by atoms with E-state index in [1.807, 2.05) is 66.9 Å². The number of fused-ring (bicyclic) bond motifs is 1. The van der Waals surface area contributed by atoms with Gasteiger partial charge in [-0.25, -0.2) is 9.79 Å². The minimum atomic E-state index is -0.733. The quantitative estimate of drug-likeness (QED) is 0.187. The second-order valence-corrected chi connectivity index (χ2v) is 11.7. The molecule has 0 fully saturated rings. The molecule has 210 valence electrons. The summed E-state index contributed by atoms with van der Waals surface area (Å²) in [7, 11) is 3.14. The minimum absolute atomic E-state index is 0.194. The summed E-state index contributed by atoms with van der Waals surface area (Å²) in [5.41, 5.74) is 2.78. The van der Waals surface area contributed by atoms with Gasteiger partial charge >= 0.3 is 5.97 Å². The van der Waals surface area contributed by atoms with Crippen molar-refractivity contribution in [1.82, 2.24) is 4.57 Å². The maximum Gasteiger partial charge on any atom is 0.338 e. The third kappa shape index (κ3) is 5.64. The Kier molecular flexibility index (Phi) is 8.82. The van der Waals surface area contributed by atoms with E-state index in [0.29, 0.717) is 37.7 Å². The van der Waals surface area contributed by atoms with Crippen LogP contribution >= 0.6 is 39.0 Å². The van der Waals surface area contributed by atoms with Crippen molar-refractivity contribution in [3.8, 4) is 11.5 Å². The first-order chi connectivity index (χ1) is 19.9. The number of esters is 1. The largest absolute Gasteiger partial charge is 0.496 e. The zero-order chi connectivity index (χ0) is 29.1. The molecule has 5 rings (SSSR count). The zero-order valence-corrected chi connectivity index (χ0v) is 26.1. The molecule has 0 saturated carbocycles. The predicted octanol–water partition coefficient (Wildman–Crippen LogP) is 5.44. The summed E-state index contributed by atoms with van der Waals surface area (Å²) in [5, 5.41) is 0. The Labute approximate surface area is 253 Å². The smallest absolute Gasteiger partial charge is 0.338 e. The first kappa shape index (κ1) is 28.9. The molecule has 0 unspecified atom stereocenters. The van der Waals surface area contributed by atoms with E-state index in [9.17, 15) is 9.59 Å². The number of thiazole rings is 1. The van der Waals surface area contributed by atoms with Crippen molar-refractivity contribution in [1.29, 1.82) is 0 Å². The Bertz CT molecular complexity index is 1810. The molecule has 41 heavy (non-hydrogen) atoms. The molecular formula is C31H27BrN2O5S2. The first-order valence-corrected chi connectivity index (χ1v) is 15.6. The number of nitrogens with zero attached hydrogens (tertiary/aromatic N) is 2. The molecule has 0 saturated heterocycles. The fraction of sp³-hybridized carbons (Fsp3) is 0.194. The molecule has 0 radical (unpaired) electrons. The SMILES string of the molecule is CCOC(=O)C1=C(c2ccccc2)N=c2s/c(=C\c3cc(Br)c(OC)cc3OC)c(=O)n2[C@@H]1c1ccc(SC)cc1. The van der Waals surface area contributed by atoms with Gasteiger partial charge in [-0.2, -0.15) is 0 Å². The molecule has 1 aromatic heterocycles. The molecule has 0 spiro atoms. The second-order valence-electron chi connectivity index (χ2n) is 8.93. The average Bonchev–Trinajstić information content (AvgIpc) is 3.31. The third-order valence-corrected chi connectivity index (χ3v) is 8.94. The zero-order valence-electron chi connectivity index (χ0n) is 22.8. The molecule has 0 N–H and O–H groups in total. The van der Waals surface area contributed by atoms with E-state index in [4.69, 9.17) is 19.2 Å². The van der Waals surface area contributed by atoms with E-state index in [2.05, 4.69) is 15.9 Å². The van der Waals surface area contributed by atoms with Crippen LogP contribution in [0.25, 0.3) is 11.8 Å². The molecule has 1 aliphatic heterocycles. The Morgan fingerprint density at radius 3 is 2.41 bits per heavy atom. The van der Waals surface area contributed by atoms with E-state index in [0.717, 1.165) is 20.5 Å². The summed E-state index contributed by atoms with van der Waals surface area (Å²) in [4.78, 5) is 34.2. The normalized spacial score (nSPS) is 14.9. The molecule has 3 aromatic carbocycles. The van der Waals surface area contributed by atoms with Crippen molar-refractivity contribution in [3.63, 3.8) is 0 Å². The lowest BCUT2D eigenvalue weighted by atomic mass is 9.93. The summed E-state index contributed by atoms with van der Waals surface area (Å²) in [6.07, 6.45) is 3.78. The van der Waals surface area contributed by atoms with Gasteiger partial charge in [-0.3, -0.25) is 9.36 Å². The highest BCUT2D eigenvalue weighted by molar-refractivity contribution is 9.10. The number of thioether (sulfide) groups is 1. The van der Waals surface area contributed by atoms with Gasteiger partial charge in [-0.15, -0.1) is 11.8 Å². The Morgan fingerprint density at radius 2 is 1.78 bits per heavy atom. The van der Waals surface area contributed by atoms with E-state index in [1.165, 1.54) is 11.3 Å². The molecule has 10 heteroatoms. The highest BCUT2D eigenvalue weighted by Gasteiger charge is 2.35. The molecule has 2 heterocycles. The number of ether oxygens (including phenoxy) is 3. The van der Waals surface area contributed by atoms with Crippen LogP contribution in [0.3, 0.4) is 0 Å². The van der Waals surface area contributed by atoms with Gasteiger partial charge in [0.05, 0.1) is 47.1 Å². The monoisotopic (exact) mass is 650 g/mol. The van der Waals surface area contributed by atoms with Gasteiger partial charge in [0.25, 0.3) is 5.56 Å². The molecule has 1 atom stereocenters. The van der Waals surface area contributed by atoms with Crippen molar-refractivity contribution in [3.05, 3.63) is 113 Å². The van der Waals surface area contributed by atoms with Gasteiger partial charge < -0.3 is 14.2 Å². The summed E-state index contributed by atoms with van der Waals surface area (Å²) in [6, 6.07) is 20.2. The fourth-order valence-corrected chi connectivity index (χ4v) is 6.60. The second kappa shape index (κ2) is 12.5. The number of carbonyl (C=O) groups is 1. The van der Waals surface area contributed by atoms with Crippen LogP contribution < -0.4 is 24.4 Å². The molecule has 7 nitrogen and oxygen atoms in total. The molecular weight excluding hydrogens is 624 g/mol. The van der Waals surface area contributed by atoms with E-state index in [-0.39, 0.29) is 12.2 Å². The van der Waals surface area contributed by atoms with Crippen LogP contribution in [0.2, 0.25) is 0 Å². The van der Waals surface area contributed by atoms with Gasteiger partial charge in [0.2, 0.25) is 0 Å². The Morgan fingerprint density at radius 1 is 1.07 bits per heavy atom. The lowest BCUT2D eigenvalue weighted by Gasteiger charge is -2.26. The number of rotatable bonds is 8. The van der Waals surface area contributed by atoms with E-state index < -0.39 is 12.0 Å². The number of aromatic nitrogens is 1. The summed E-state index contributed by atoms with van der Waals surface area (Å²) >= 11 is 6.40. The van der Waals surface area contributed by atoms with Crippen LogP contribution in [0.4, 0.5) is 0 Å². The van der Waals surface area contributed by atoms with Crippen molar-refractivity contribution >= 4 is 56.8 Å². The standard InChI is InChI=1S/C31H27BrN2O5S2/c1-5-39-30(36)26-27(18-9-7-6-8-10-18)33-31-34(28(26)19-11-13-21(40-4)14-12-19)29(35)25(41-31)16-20-15-22(32)24(38-3)17-23(20)37-2/h6-17,28H,5H2,1-4H3/b25-16-/t28-/m1/s1. The van der Waals surface area contributed by atoms with E-state index in [1.54, 1.807) is 49.6 Å². The van der Waals surface area contributed by atoms with E-state index >= 15 is 0 Å². The topological polar surface area (TPSA) is 79.1 Å². The van der Waals surface area contributed by atoms with Gasteiger partial charge in [0, 0.05) is 22.1 Å². The molecule has 0 amide bonds. The highest BCUT2D eigenvalue weighted by Crippen LogP contribution is 2.36. The number of carbonyl (C=O) groups excluding carboxylic acids is 1. The maximum absolute atomic E-state index is 14.1. The summed E-state index contributed by atoms with van der Waals surface area (Å²) in [6.45, 7) is 1.96. The molecule has 1 aliphatic rings. The van der Waals surface area contributed by atoms with Crippen LogP contribution in [0.15, 0.2) is 91.5 Å². The number of benzene rings is 3. The van der Waals surface area contributed by atoms with Crippen LogP contribution in [0.1, 0.15) is 29.7 Å². The van der Waals surface area contributed by atoms with Gasteiger partial charge in [0.15, 0.2) is 4.80 Å². The van der Waals surface area contributed by atoms with Crippen molar-refractivity contribution in [2.24, 2.45) is 4.99 Å². The number of methoxy groups -OCH3 is 2. The third-order valence-electron chi connectivity index (χ3n) is 6.60. The minimum Gasteiger partial charge on any atom is -0.496 e. The van der Waals surface area contributed by atoms with Crippen LogP contribution in [0, 0.1) is 0 Å². The molecule has 4 aromatic rings. The Balaban J connectivity index is 1.82. The number of halogens is 1. The van der Waals surface area contributed by atoms with Crippen molar-refractivity contribution in [2.75, 3.05) is 27.1 Å². The summed E-state index contributed by atoms with van der Waals surface area (Å²) < 4.78 is 19.3. The highest BCUT2D eigenvalue weighted by atomic mass is 79.9. The van der Waals surface area contributed by atoms with Crippen LogP contribution in [-0.4, -0.2) is 37.6 Å². The summed E-state index contributed by atoms with van der Waals surface area (Å²) in [5.74, 6) is 0.655. The molecule has 0 bridgehead atoms. The fourth-order valence-electron chi connectivity index (χ4n) is 4.68. The lowest BCUT2D eigenvalue weighted by Crippen LogP contribution is -2.40. The van der Waals surface area contributed by atoms with Crippen molar-refractivity contribution in [2.45, 2.75) is 17.9 Å². The first-order valence-electron chi connectivity index (χ1n) is 12.7. The van der Waals surface area contributed by atoms with Gasteiger partial charge in [-0.05, 0) is 58.9 Å². The lowest BCUT2D eigenvalue weighted by molar-refractivity contribution is -0.138. The number of hydrogen-bond acceptors (Lipinski definition) is 8. The Hall–Kier alpha value is -3.60. The van der Waals surface area contributed by atoms with Crippen molar-refractivity contribution < 1.29 is 19.0 Å². The van der Waals surface area contributed by atoms with Gasteiger partial charge in [0.1, 0.15) is 11.5 Å². The predicted molar refractivity (Wildman–Crippen MR) is 167 cm³/mol. The number of hydrogen-bond donors (Lipinski definition) is 0. The van der Waals surface area contributed by atoms with Gasteiger partial charge in [-0.1, -0.05) is 53.8 Å². The van der Waals surface area contributed by atoms with Crippen LogP contribution in [0.5, 0.6) is 11.5 Å². The molecule has 0 aliphatic carbocycles.